The summed E-state index contributed by atoms with van der Waals surface area (Å²) in [5.41, 5.74) is 2.93. The number of hydrogen-bond donors (Lipinski definition) is 0. The molecule has 0 saturated carbocycles. The summed E-state index contributed by atoms with van der Waals surface area (Å²) in [5.74, 6) is 2.03. The lowest BCUT2D eigenvalue weighted by molar-refractivity contribution is 1.07. The van der Waals surface area contributed by atoms with Crippen molar-refractivity contribution in [3.05, 3.63) is 115 Å². The fourth-order valence-electron chi connectivity index (χ4n) is 4.59. The van der Waals surface area contributed by atoms with E-state index in [9.17, 15) is 0 Å². The highest BCUT2D eigenvalue weighted by atomic mass is 32.1. The van der Waals surface area contributed by atoms with Crippen LogP contribution in [0.15, 0.2) is 115 Å². The van der Waals surface area contributed by atoms with Crippen molar-refractivity contribution in [2.45, 2.75) is 0 Å². The second kappa shape index (κ2) is 8.12. The van der Waals surface area contributed by atoms with Crippen LogP contribution in [-0.2, 0) is 0 Å². The Morgan fingerprint density at radius 1 is 0.429 bits per heavy atom. The Hall–Kier alpha value is -4.41. The van der Waals surface area contributed by atoms with E-state index in [2.05, 4.69) is 54.6 Å². The molecule has 2 heterocycles. The molecule has 3 nitrogen and oxygen atoms in total. The third kappa shape index (κ3) is 3.47. The van der Waals surface area contributed by atoms with Gasteiger partial charge in [0, 0.05) is 36.9 Å². The van der Waals surface area contributed by atoms with Gasteiger partial charge in [-0.15, -0.1) is 11.3 Å². The van der Waals surface area contributed by atoms with Crippen molar-refractivity contribution < 1.29 is 0 Å². The number of thiophene rings is 1. The van der Waals surface area contributed by atoms with Crippen molar-refractivity contribution in [1.29, 1.82) is 0 Å². The summed E-state index contributed by atoms with van der Waals surface area (Å²) in [6, 6.07) is 39.7. The molecule has 4 heteroatoms. The van der Waals surface area contributed by atoms with Crippen molar-refractivity contribution in [2.24, 2.45) is 0 Å². The summed E-state index contributed by atoms with van der Waals surface area (Å²) in [4.78, 5) is 14.6. The molecular formula is C31H19N3S. The fraction of sp³-hybridized carbons (Fsp3) is 0. The number of benzene rings is 5. The van der Waals surface area contributed by atoms with Crippen LogP contribution in [0.5, 0.6) is 0 Å². The molecule has 35 heavy (non-hydrogen) atoms. The minimum atomic E-state index is 0.675. The van der Waals surface area contributed by atoms with Gasteiger partial charge in [0.1, 0.15) is 0 Å². The van der Waals surface area contributed by atoms with E-state index in [1.54, 1.807) is 0 Å². The summed E-state index contributed by atoms with van der Waals surface area (Å²) in [7, 11) is 0. The Kier molecular flexibility index (Phi) is 4.64. The third-order valence-electron chi connectivity index (χ3n) is 6.32. The molecule has 2 aromatic heterocycles. The molecule has 0 fully saturated rings. The van der Waals surface area contributed by atoms with Crippen LogP contribution in [0.3, 0.4) is 0 Å². The Morgan fingerprint density at radius 2 is 1.00 bits per heavy atom. The van der Waals surface area contributed by atoms with E-state index in [1.807, 2.05) is 72.0 Å². The Balaban J connectivity index is 1.42. The van der Waals surface area contributed by atoms with Gasteiger partial charge in [-0.25, -0.2) is 15.0 Å². The third-order valence-corrected chi connectivity index (χ3v) is 7.54. The minimum Gasteiger partial charge on any atom is -0.208 e. The highest BCUT2D eigenvalue weighted by molar-refractivity contribution is 7.26. The van der Waals surface area contributed by atoms with Gasteiger partial charge in [0.15, 0.2) is 17.5 Å². The highest BCUT2D eigenvalue weighted by Gasteiger charge is 2.14. The summed E-state index contributed by atoms with van der Waals surface area (Å²) in [6.07, 6.45) is 0. The van der Waals surface area contributed by atoms with Crippen LogP contribution >= 0.6 is 11.3 Å². The van der Waals surface area contributed by atoms with E-state index in [4.69, 9.17) is 15.0 Å². The molecule has 0 unspecified atom stereocenters. The smallest absolute Gasteiger partial charge is 0.164 e. The molecule has 0 N–H and O–H groups in total. The van der Waals surface area contributed by atoms with Crippen molar-refractivity contribution in [3.63, 3.8) is 0 Å². The predicted molar refractivity (Wildman–Crippen MR) is 147 cm³/mol. The van der Waals surface area contributed by atoms with Gasteiger partial charge >= 0.3 is 0 Å². The van der Waals surface area contributed by atoms with E-state index in [-0.39, 0.29) is 0 Å². The van der Waals surface area contributed by atoms with Crippen molar-refractivity contribution in [1.82, 2.24) is 15.0 Å². The normalized spacial score (nSPS) is 11.4. The zero-order valence-corrected chi connectivity index (χ0v) is 19.5. The Morgan fingerprint density at radius 3 is 1.69 bits per heavy atom. The number of aromatic nitrogens is 3. The van der Waals surface area contributed by atoms with E-state index >= 15 is 0 Å². The summed E-state index contributed by atoms with van der Waals surface area (Å²) < 4.78 is 2.64. The molecular weight excluding hydrogens is 446 g/mol. The molecule has 0 aliphatic rings. The maximum atomic E-state index is 4.88. The maximum absolute atomic E-state index is 4.88. The van der Waals surface area contributed by atoms with Gasteiger partial charge in [0.05, 0.1) is 0 Å². The molecule has 0 bridgehead atoms. The van der Waals surface area contributed by atoms with Crippen LogP contribution in [0.4, 0.5) is 0 Å². The lowest BCUT2D eigenvalue weighted by Crippen LogP contribution is -2.00. The molecule has 7 rings (SSSR count). The molecule has 0 radical (unpaired) electrons. The van der Waals surface area contributed by atoms with E-state index in [0.29, 0.717) is 17.5 Å². The molecule has 164 valence electrons. The molecule has 0 atom stereocenters. The first-order chi connectivity index (χ1) is 17.3. The minimum absolute atomic E-state index is 0.675. The summed E-state index contributed by atoms with van der Waals surface area (Å²) in [6.45, 7) is 0. The van der Waals surface area contributed by atoms with Crippen LogP contribution in [0, 0.1) is 0 Å². The Bertz CT molecular complexity index is 1780. The van der Waals surface area contributed by atoms with Crippen molar-refractivity contribution in [3.8, 4) is 34.2 Å². The zero-order valence-electron chi connectivity index (χ0n) is 18.7. The number of hydrogen-bond acceptors (Lipinski definition) is 4. The van der Waals surface area contributed by atoms with Gasteiger partial charge in [0.25, 0.3) is 0 Å². The maximum Gasteiger partial charge on any atom is 0.164 e. The molecule has 0 spiro atoms. The molecule has 0 aliphatic heterocycles. The summed E-state index contributed by atoms with van der Waals surface area (Å²) >= 11 is 1.85. The number of rotatable bonds is 3. The van der Waals surface area contributed by atoms with Gasteiger partial charge in [-0.2, -0.15) is 0 Å². The first-order valence-electron chi connectivity index (χ1n) is 11.5. The van der Waals surface area contributed by atoms with Gasteiger partial charge in [-0.1, -0.05) is 103 Å². The first kappa shape index (κ1) is 20.0. The van der Waals surface area contributed by atoms with Crippen LogP contribution in [-0.4, -0.2) is 15.0 Å². The Labute approximate surface area is 206 Å². The lowest BCUT2D eigenvalue weighted by atomic mass is 10.0. The molecule has 5 aromatic carbocycles. The second-order valence-corrected chi connectivity index (χ2v) is 9.57. The average molecular weight is 466 g/mol. The second-order valence-electron chi connectivity index (χ2n) is 8.51. The number of fused-ring (bicyclic) bond motifs is 5. The van der Waals surface area contributed by atoms with Crippen LogP contribution in [0.25, 0.3) is 65.1 Å². The van der Waals surface area contributed by atoms with Crippen molar-refractivity contribution >= 4 is 42.3 Å². The van der Waals surface area contributed by atoms with E-state index < -0.39 is 0 Å². The lowest BCUT2D eigenvalue weighted by Gasteiger charge is -2.09. The monoisotopic (exact) mass is 465 g/mol. The van der Waals surface area contributed by atoms with Gasteiger partial charge < -0.3 is 0 Å². The standard InChI is InChI=1S/C31H19N3S/c1-3-9-20(10-4-1)29-32-30(21-11-5-2-6-12-21)34-31(33-29)23-16-17-24-22(19-23)15-18-26-25-13-7-8-14-27(25)35-28(24)26/h1-19H. The van der Waals surface area contributed by atoms with E-state index in [1.165, 1.54) is 30.9 Å². The quantitative estimate of drug-likeness (QED) is 0.263. The number of nitrogens with zero attached hydrogens (tertiary/aromatic N) is 3. The van der Waals surface area contributed by atoms with Gasteiger partial charge in [0.2, 0.25) is 0 Å². The summed E-state index contributed by atoms with van der Waals surface area (Å²) in [5, 5.41) is 5.07. The molecule has 0 saturated heterocycles. The van der Waals surface area contributed by atoms with Crippen LogP contribution < -0.4 is 0 Å². The fourth-order valence-corrected chi connectivity index (χ4v) is 5.83. The topological polar surface area (TPSA) is 38.7 Å². The van der Waals surface area contributed by atoms with Crippen molar-refractivity contribution in [2.75, 3.05) is 0 Å². The molecule has 7 aromatic rings. The van der Waals surface area contributed by atoms with Crippen LogP contribution in [0.1, 0.15) is 0 Å². The predicted octanol–water partition coefficient (Wildman–Crippen LogP) is 8.39. The first-order valence-corrected chi connectivity index (χ1v) is 12.4. The molecule has 0 aliphatic carbocycles. The van der Waals surface area contributed by atoms with Gasteiger partial charge in [-0.05, 0) is 22.9 Å². The zero-order chi connectivity index (χ0) is 23.2. The molecule has 0 amide bonds. The van der Waals surface area contributed by atoms with E-state index in [0.717, 1.165) is 16.7 Å². The highest BCUT2D eigenvalue weighted by Crippen LogP contribution is 2.39. The average Bonchev–Trinajstić information content (AvgIpc) is 3.33. The van der Waals surface area contributed by atoms with Crippen LogP contribution in [0.2, 0.25) is 0 Å². The largest absolute Gasteiger partial charge is 0.208 e. The van der Waals surface area contributed by atoms with Gasteiger partial charge in [-0.3, -0.25) is 0 Å². The SMILES string of the molecule is c1ccc(-c2nc(-c3ccccc3)nc(-c3ccc4c(ccc5c6ccccc6sc45)c3)n2)cc1.